The van der Waals surface area contributed by atoms with Crippen LogP contribution < -0.4 is 10.2 Å². The molecule has 162 valence electrons. The van der Waals surface area contributed by atoms with Crippen LogP contribution in [0.25, 0.3) is 11.3 Å². The Hall–Kier alpha value is -3.91. The molecule has 0 radical (unpaired) electrons. The van der Waals surface area contributed by atoms with Crippen LogP contribution in [0.4, 0.5) is 16.2 Å². The van der Waals surface area contributed by atoms with E-state index in [0.717, 1.165) is 0 Å². The molecule has 0 bridgehead atoms. The fraction of sp³-hybridized carbons (Fsp3) is 0.130. The second-order valence-electron chi connectivity index (χ2n) is 7.23. The molecular formula is C23H18ClN3O5. The number of carbonyl (C=O) groups excluding carboxylic acids is 2. The van der Waals surface area contributed by atoms with Crippen molar-refractivity contribution in [1.82, 2.24) is 5.32 Å². The minimum Gasteiger partial charge on any atom is -0.458 e. The van der Waals surface area contributed by atoms with Crippen molar-refractivity contribution in [3.63, 3.8) is 0 Å². The standard InChI is InChI=1S/C23H18ClN3O5/c1-13-21(14(2)28)22(25-23(29)26(13)15-6-4-3-5-7-15)20-11-10-19(32-20)17-12-16(27(30)31)8-9-18(17)24/h3-12,22H,1-2H3,(H,25,29)/t22-/m1/s1. The maximum atomic E-state index is 12.9. The number of furan rings is 1. The molecule has 1 aromatic heterocycles. The van der Waals surface area contributed by atoms with Gasteiger partial charge in [0.25, 0.3) is 5.69 Å². The Bertz CT molecular complexity index is 1270. The SMILES string of the molecule is CC(=O)C1=C(C)N(c2ccccc2)C(=O)N[C@@H]1c1ccc(-c2cc([N+](=O)[O-])ccc2Cl)o1. The molecule has 0 fully saturated rings. The molecule has 2 aromatic carbocycles. The molecule has 0 aliphatic carbocycles. The number of allylic oxidation sites excluding steroid dienone is 1. The number of hydrogen-bond acceptors (Lipinski definition) is 5. The number of rotatable bonds is 5. The van der Waals surface area contributed by atoms with Crippen molar-refractivity contribution in [2.45, 2.75) is 19.9 Å². The van der Waals surface area contributed by atoms with E-state index in [1.165, 1.54) is 30.0 Å². The lowest BCUT2D eigenvalue weighted by molar-refractivity contribution is -0.384. The third-order valence-electron chi connectivity index (χ3n) is 5.22. The molecule has 0 unspecified atom stereocenters. The fourth-order valence-electron chi connectivity index (χ4n) is 3.77. The molecule has 1 N–H and O–H groups in total. The maximum Gasteiger partial charge on any atom is 0.327 e. The van der Waals surface area contributed by atoms with E-state index in [4.69, 9.17) is 16.0 Å². The first-order valence-electron chi connectivity index (χ1n) is 9.69. The number of hydrogen-bond donors (Lipinski definition) is 1. The molecule has 8 nitrogen and oxygen atoms in total. The highest BCUT2D eigenvalue weighted by Gasteiger charge is 2.36. The van der Waals surface area contributed by atoms with Gasteiger partial charge in [0.05, 0.1) is 15.6 Å². The third-order valence-corrected chi connectivity index (χ3v) is 5.55. The first-order valence-corrected chi connectivity index (χ1v) is 10.1. The number of para-hydroxylation sites is 1. The van der Waals surface area contributed by atoms with E-state index in [2.05, 4.69) is 5.32 Å². The van der Waals surface area contributed by atoms with Crippen LogP contribution in [0.1, 0.15) is 25.6 Å². The highest BCUT2D eigenvalue weighted by atomic mass is 35.5. The molecule has 4 rings (SSSR count). The third kappa shape index (κ3) is 3.76. The highest BCUT2D eigenvalue weighted by molar-refractivity contribution is 6.33. The summed E-state index contributed by atoms with van der Waals surface area (Å²) in [5.74, 6) is 0.377. The largest absolute Gasteiger partial charge is 0.458 e. The average molecular weight is 452 g/mol. The van der Waals surface area contributed by atoms with E-state index in [-0.39, 0.29) is 22.3 Å². The van der Waals surface area contributed by atoms with Crippen LogP contribution >= 0.6 is 11.6 Å². The van der Waals surface area contributed by atoms with Gasteiger partial charge in [-0.15, -0.1) is 0 Å². The highest BCUT2D eigenvalue weighted by Crippen LogP contribution is 2.38. The number of carbonyl (C=O) groups is 2. The number of urea groups is 1. The van der Waals surface area contributed by atoms with Gasteiger partial charge in [0, 0.05) is 29.0 Å². The van der Waals surface area contributed by atoms with E-state index >= 15 is 0 Å². The zero-order valence-corrected chi connectivity index (χ0v) is 17.9. The number of nitrogens with one attached hydrogen (secondary N) is 1. The van der Waals surface area contributed by atoms with Crippen LogP contribution in [-0.4, -0.2) is 16.7 Å². The number of amides is 2. The molecule has 0 saturated carbocycles. The Morgan fingerprint density at radius 2 is 1.88 bits per heavy atom. The van der Waals surface area contributed by atoms with Gasteiger partial charge in [0.2, 0.25) is 0 Å². The number of non-ortho nitro benzene ring substituents is 1. The second kappa shape index (κ2) is 8.32. The normalized spacial score (nSPS) is 16.2. The molecule has 1 atom stereocenters. The van der Waals surface area contributed by atoms with Gasteiger partial charge in [-0.25, -0.2) is 4.79 Å². The van der Waals surface area contributed by atoms with Crippen LogP contribution in [0.5, 0.6) is 0 Å². The summed E-state index contributed by atoms with van der Waals surface area (Å²) >= 11 is 6.22. The van der Waals surface area contributed by atoms with Gasteiger partial charge in [-0.3, -0.25) is 19.8 Å². The number of Topliss-reactive ketones (excluding diaryl/α,β-unsaturated/α-hetero) is 1. The first kappa shape index (κ1) is 21.3. The smallest absolute Gasteiger partial charge is 0.327 e. The number of benzene rings is 2. The summed E-state index contributed by atoms with van der Waals surface area (Å²) in [6.45, 7) is 3.13. The van der Waals surface area contributed by atoms with Gasteiger partial charge in [-0.1, -0.05) is 29.8 Å². The lowest BCUT2D eigenvalue weighted by Gasteiger charge is -2.34. The van der Waals surface area contributed by atoms with Crippen molar-refractivity contribution in [1.29, 1.82) is 0 Å². The summed E-state index contributed by atoms with van der Waals surface area (Å²) in [6.07, 6.45) is 0. The molecule has 9 heteroatoms. The summed E-state index contributed by atoms with van der Waals surface area (Å²) in [6, 6.07) is 15.0. The molecule has 1 aliphatic rings. The maximum absolute atomic E-state index is 12.9. The number of nitro benzene ring substituents is 1. The van der Waals surface area contributed by atoms with Gasteiger partial charge in [-0.05, 0) is 44.2 Å². The Balaban J connectivity index is 1.77. The lowest BCUT2D eigenvalue weighted by atomic mass is 9.96. The summed E-state index contributed by atoms with van der Waals surface area (Å²) in [7, 11) is 0. The zero-order chi connectivity index (χ0) is 23.0. The monoisotopic (exact) mass is 451 g/mol. The van der Waals surface area contributed by atoms with E-state index in [1.54, 1.807) is 43.3 Å². The van der Waals surface area contributed by atoms with Crippen molar-refractivity contribution in [3.8, 4) is 11.3 Å². The Morgan fingerprint density at radius 3 is 2.53 bits per heavy atom. The molecule has 1 aliphatic heterocycles. The predicted octanol–water partition coefficient (Wildman–Crippen LogP) is 5.64. The van der Waals surface area contributed by atoms with Crippen LogP contribution in [0.3, 0.4) is 0 Å². The van der Waals surface area contributed by atoms with E-state index < -0.39 is 17.0 Å². The number of anilines is 1. The number of halogens is 1. The fourth-order valence-corrected chi connectivity index (χ4v) is 3.98. The number of nitro groups is 1. The van der Waals surface area contributed by atoms with Gasteiger partial charge in [0.1, 0.15) is 17.6 Å². The minimum absolute atomic E-state index is 0.132. The summed E-state index contributed by atoms with van der Waals surface area (Å²) in [4.78, 5) is 37.5. The Labute approximate surface area is 188 Å². The van der Waals surface area contributed by atoms with E-state index in [1.807, 2.05) is 6.07 Å². The Morgan fingerprint density at radius 1 is 1.16 bits per heavy atom. The van der Waals surface area contributed by atoms with Crippen molar-refractivity contribution in [2.24, 2.45) is 0 Å². The zero-order valence-electron chi connectivity index (χ0n) is 17.2. The van der Waals surface area contributed by atoms with Crippen molar-refractivity contribution >= 4 is 34.8 Å². The summed E-state index contributed by atoms with van der Waals surface area (Å²) in [5.41, 5.74) is 1.70. The van der Waals surface area contributed by atoms with Crippen molar-refractivity contribution in [2.75, 3.05) is 4.90 Å². The predicted molar refractivity (Wildman–Crippen MR) is 119 cm³/mol. The van der Waals surface area contributed by atoms with Crippen LogP contribution in [0.15, 0.2) is 76.4 Å². The minimum atomic E-state index is -0.814. The topological polar surface area (TPSA) is 106 Å². The molecule has 2 heterocycles. The van der Waals surface area contributed by atoms with Gasteiger partial charge in [0.15, 0.2) is 5.78 Å². The molecule has 2 amide bonds. The number of nitrogens with zero attached hydrogens (tertiary/aromatic N) is 2. The molecule has 3 aromatic rings. The summed E-state index contributed by atoms with van der Waals surface area (Å²) in [5, 5.41) is 14.2. The van der Waals surface area contributed by atoms with Crippen LogP contribution in [0, 0.1) is 10.1 Å². The van der Waals surface area contributed by atoms with Crippen molar-refractivity contribution in [3.05, 3.63) is 92.8 Å². The first-order chi connectivity index (χ1) is 15.3. The number of ketones is 1. The van der Waals surface area contributed by atoms with Crippen molar-refractivity contribution < 1.29 is 18.9 Å². The quantitative estimate of drug-likeness (QED) is 0.399. The molecular weight excluding hydrogens is 434 g/mol. The van der Waals surface area contributed by atoms with Crippen LogP contribution in [-0.2, 0) is 4.79 Å². The molecule has 32 heavy (non-hydrogen) atoms. The lowest BCUT2D eigenvalue weighted by Crippen LogP contribution is -2.47. The Kier molecular flexibility index (Phi) is 5.54. The van der Waals surface area contributed by atoms with Crippen LogP contribution in [0.2, 0.25) is 5.02 Å². The van der Waals surface area contributed by atoms with Gasteiger partial charge in [-0.2, -0.15) is 0 Å². The van der Waals surface area contributed by atoms with Gasteiger partial charge < -0.3 is 9.73 Å². The van der Waals surface area contributed by atoms with Gasteiger partial charge >= 0.3 is 6.03 Å². The molecule has 0 spiro atoms. The molecule has 0 saturated heterocycles. The van der Waals surface area contributed by atoms with E-state index in [0.29, 0.717) is 28.3 Å². The second-order valence-corrected chi connectivity index (χ2v) is 7.64. The average Bonchev–Trinajstić information content (AvgIpc) is 3.24. The van der Waals surface area contributed by atoms with E-state index in [9.17, 15) is 19.7 Å². The summed E-state index contributed by atoms with van der Waals surface area (Å²) < 4.78 is 5.92.